The summed E-state index contributed by atoms with van der Waals surface area (Å²) in [6, 6.07) is 11.4. The van der Waals surface area contributed by atoms with E-state index in [4.69, 9.17) is 4.84 Å². The second-order valence-corrected chi connectivity index (χ2v) is 7.80. The number of hydroxylamine groups is 2. The molecule has 0 unspecified atom stereocenters. The molecule has 0 aliphatic carbocycles. The van der Waals surface area contributed by atoms with E-state index in [2.05, 4.69) is 0 Å². The van der Waals surface area contributed by atoms with E-state index < -0.39 is 35.0 Å². The summed E-state index contributed by atoms with van der Waals surface area (Å²) >= 11 is 0. The quantitative estimate of drug-likeness (QED) is 0.704. The number of nitrogens with zero attached hydrogens (tertiary/aromatic N) is 2. The molecule has 2 aromatic carbocycles. The number of fused-ring (bicyclic) bond motifs is 1. The number of hydrogen-bond donors (Lipinski definition) is 0. The molecule has 0 fully saturated rings. The van der Waals surface area contributed by atoms with Gasteiger partial charge < -0.3 is 9.74 Å². The minimum atomic E-state index is -0.842. The highest BCUT2D eigenvalue weighted by Gasteiger charge is 2.38. The van der Waals surface area contributed by atoms with Gasteiger partial charge in [-0.25, -0.2) is 9.18 Å². The van der Waals surface area contributed by atoms with Crippen LogP contribution >= 0.6 is 0 Å². The van der Waals surface area contributed by atoms with E-state index in [0.717, 1.165) is 6.07 Å². The molecule has 0 spiro atoms. The van der Waals surface area contributed by atoms with E-state index in [9.17, 15) is 23.6 Å². The van der Waals surface area contributed by atoms with E-state index in [-0.39, 0.29) is 29.7 Å². The zero-order valence-electron chi connectivity index (χ0n) is 16.8. The maximum atomic E-state index is 13.5. The van der Waals surface area contributed by atoms with Gasteiger partial charge in [-0.3, -0.25) is 14.4 Å². The molecule has 156 valence electrons. The number of hydrogen-bond acceptors (Lipinski definition) is 5. The summed E-state index contributed by atoms with van der Waals surface area (Å²) in [6.07, 6.45) is -0.258. The molecule has 3 rings (SSSR count). The van der Waals surface area contributed by atoms with Crippen molar-refractivity contribution in [3.63, 3.8) is 0 Å². The Morgan fingerprint density at radius 3 is 2.13 bits per heavy atom. The minimum Gasteiger partial charge on any atom is -0.333 e. The van der Waals surface area contributed by atoms with E-state index in [0.29, 0.717) is 5.06 Å². The van der Waals surface area contributed by atoms with Crippen LogP contribution in [0, 0.1) is 5.82 Å². The first-order chi connectivity index (χ1) is 14.1. The standard InChI is InChI=1S/C22H21FN2O5/c1-22(2,3)24(19(27)14-7-6-8-15(23)13-14)12-11-18(26)30-25-20(28)16-9-4-5-10-17(16)21(25)29/h4-10,13H,11-12H2,1-3H3. The fourth-order valence-corrected chi connectivity index (χ4v) is 3.12. The van der Waals surface area contributed by atoms with Crippen molar-refractivity contribution in [2.75, 3.05) is 6.54 Å². The van der Waals surface area contributed by atoms with Crippen molar-refractivity contribution in [1.29, 1.82) is 0 Å². The van der Waals surface area contributed by atoms with Crippen molar-refractivity contribution in [1.82, 2.24) is 9.96 Å². The van der Waals surface area contributed by atoms with Crippen LogP contribution in [0.4, 0.5) is 4.39 Å². The Labute approximate surface area is 173 Å². The van der Waals surface area contributed by atoms with E-state index in [1.807, 2.05) is 0 Å². The Balaban J connectivity index is 1.68. The molecular formula is C22H21FN2O5. The summed E-state index contributed by atoms with van der Waals surface area (Å²) in [5.41, 5.74) is -0.196. The van der Waals surface area contributed by atoms with Crippen LogP contribution < -0.4 is 0 Å². The van der Waals surface area contributed by atoms with Gasteiger partial charge in [-0.2, -0.15) is 0 Å². The topological polar surface area (TPSA) is 84.0 Å². The number of carbonyl (C=O) groups excluding carboxylic acids is 4. The third-order valence-electron chi connectivity index (χ3n) is 4.62. The molecule has 30 heavy (non-hydrogen) atoms. The summed E-state index contributed by atoms with van der Waals surface area (Å²) in [6.45, 7) is 5.29. The molecule has 0 saturated heterocycles. The van der Waals surface area contributed by atoms with Crippen LogP contribution in [0.3, 0.4) is 0 Å². The minimum absolute atomic E-state index is 0.0408. The largest absolute Gasteiger partial charge is 0.335 e. The number of halogens is 1. The zero-order valence-corrected chi connectivity index (χ0v) is 16.8. The molecule has 0 saturated carbocycles. The molecule has 7 nitrogen and oxygen atoms in total. The number of rotatable bonds is 5. The van der Waals surface area contributed by atoms with E-state index in [1.54, 1.807) is 32.9 Å². The third kappa shape index (κ3) is 4.22. The molecular weight excluding hydrogens is 391 g/mol. The van der Waals surface area contributed by atoms with Crippen molar-refractivity contribution < 1.29 is 28.4 Å². The molecule has 0 atom stereocenters. The Bertz CT molecular complexity index is 993. The van der Waals surface area contributed by atoms with Gasteiger partial charge in [0.25, 0.3) is 17.7 Å². The Hall–Kier alpha value is -3.55. The van der Waals surface area contributed by atoms with Gasteiger partial charge in [0, 0.05) is 17.6 Å². The Morgan fingerprint density at radius 1 is 1.00 bits per heavy atom. The molecule has 2 aromatic rings. The normalized spacial score (nSPS) is 13.3. The molecule has 0 N–H and O–H groups in total. The fourth-order valence-electron chi connectivity index (χ4n) is 3.12. The highest BCUT2D eigenvalue weighted by Crippen LogP contribution is 2.23. The lowest BCUT2D eigenvalue weighted by molar-refractivity contribution is -0.168. The lowest BCUT2D eigenvalue weighted by Crippen LogP contribution is -2.47. The monoisotopic (exact) mass is 412 g/mol. The van der Waals surface area contributed by atoms with Gasteiger partial charge in [-0.05, 0) is 51.1 Å². The second kappa shape index (κ2) is 8.06. The number of amides is 3. The first kappa shape index (κ1) is 21.2. The number of carbonyl (C=O) groups is 4. The van der Waals surface area contributed by atoms with E-state index in [1.165, 1.54) is 35.2 Å². The average molecular weight is 412 g/mol. The van der Waals surface area contributed by atoms with Crippen molar-refractivity contribution in [3.05, 3.63) is 71.0 Å². The molecule has 0 radical (unpaired) electrons. The number of benzene rings is 2. The van der Waals surface area contributed by atoms with Crippen molar-refractivity contribution in [2.45, 2.75) is 32.7 Å². The van der Waals surface area contributed by atoms with Crippen molar-refractivity contribution in [2.24, 2.45) is 0 Å². The third-order valence-corrected chi connectivity index (χ3v) is 4.62. The van der Waals surface area contributed by atoms with Crippen LogP contribution in [0.5, 0.6) is 0 Å². The van der Waals surface area contributed by atoms with Gasteiger partial charge in [0.05, 0.1) is 17.5 Å². The van der Waals surface area contributed by atoms with Crippen molar-refractivity contribution >= 4 is 23.7 Å². The van der Waals surface area contributed by atoms with Crippen LogP contribution in [-0.2, 0) is 9.63 Å². The molecule has 1 aliphatic heterocycles. The molecule has 1 heterocycles. The predicted molar refractivity (Wildman–Crippen MR) is 105 cm³/mol. The van der Waals surface area contributed by atoms with Crippen LogP contribution in [0.25, 0.3) is 0 Å². The van der Waals surface area contributed by atoms with Crippen LogP contribution in [0.15, 0.2) is 48.5 Å². The Morgan fingerprint density at radius 2 is 1.60 bits per heavy atom. The fraction of sp³-hybridized carbons (Fsp3) is 0.273. The first-order valence-corrected chi connectivity index (χ1v) is 9.36. The van der Waals surface area contributed by atoms with Crippen LogP contribution in [0.1, 0.15) is 58.3 Å². The van der Waals surface area contributed by atoms with Gasteiger partial charge in [0.15, 0.2) is 0 Å². The Kier molecular flexibility index (Phi) is 5.69. The smallest absolute Gasteiger partial charge is 0.333 e. The van der Waals surface area contributed by atoms with Gasteiger partial charge in [0.2, 0.25) is 0 Å². The maximum absolute atomic E-state index is 13.5. The van der Waals surface area contributed by atoms with Crippen molar-refractivity contribution in [3.8, 4) is 0 Å². The van der Waals surface area contributed by atoms with Crippen LogP contribution in [0.2, 0.25) is 0 Å². The first-order valence-electron chi connectivity index (χ1n) is 9.36. The van der Waals surface area contributed by atoms with E-state index >= 15 is 0 Å². The lowest BCUT2D eigenvalue weighted by atomic mass is 10.0. The van der Waals surface area contributed by atoms with Gasteiger partial charge >= 0.3 is 5.97 Å². The molecule has 1 aliphatic rings. The number of imide groups is 1. The second-order valence-electron chi connectivity index (χ2n) is 7.80. The average Bonchev–Trinajstić information content (AvgIpc) is 2.92. The van der Waals surface area contributed by atoms with Gasteiger partial charge in [-0.1, -0.05) is 23.3 Å². The molecule has 0 bridgehead atoms. The van der Waals surface area contributed by atoms with Gasteiger partial charge in [-0.15, -0.1) is 0 Å². The maximum Gasteiger partial charge on any atom is 0.335 e. The zero-order chi connectivity index (χ0) is 22.1. The van der Waals surface area contributed by atoms with Gasteiger partial charge in [0.1, 0.15) is 5.82 Å². The summed E-state index contributed by atoms with van der Waals surface area (Å²) in [5, 5.41) is 0.433. The predicted octanol–water partition coefficient (Wildman–Crippen LogP) is 3.21. The summed E-state index contributed by atoms with van der Waals surface area (Å²) < 4.78 is 13.5. The molecule has 8 heteroatoms. The highest BCUT2D eigenvalue weighted by atomic mass is 19.1. The highest BCUT2D eigenvalue weighted by molar-refractivity contribution is 6.20. The molecule has 3 amide bonds. The summed E-state index contributed by atoms with van der Waals surface area (Å²) in [4.78, 5) is 56.1. The SMILES string of the molecule is CC(C)(C)N(CCC(=O)ON1C(=O)c2ccccc2C1=O)C(=O)c1cccc(F)c1. The summed E-state index contributed by atoms with van der Waals surface area (Å²) in [5.74, 6) is -3.26. The molecule has 0 aromatic heterocycles. The summed E-state index contributed by atoms with van der Waals surface area (Å²) in [7, 11) is 0. The van der Waals surface area contributed by atoms with Crippen LogP contribution in [-0.4, -0.2) is 45.7 Å². The lowest BCUT2D eigenvalue weighted by Gasteiger charge is -2.35.